The Kier molecular flexibility index (Phi) is 6.99. The number of aromatic hydroxyl groups is 1. The molecule has 0 spiro atoms. The topological polar surface area (TPSA) is 165 Å². The van der Waals surface area contributed by atoms with Gasteiger partial charge in [0.25, 0.3) is 5.91 Å². The molecule has 1 amide bonds. The van der Waals surface area contributed by atoms with Crippen molar-refractivity contribution in [1.29, 1.82) is 0 Å². The first kappa shape index (κ1) is 28.2. The molecule has 5 rings (SSSR count). The fraction of sp³-hybridized carbons (Fsp3) is 0.567. The Morgan fingerprint density at radius 1 is 1.10 bits per heavy atom. The van der Waals surface area contributed by atoms with E-state index in [4.69, 9.17) is 5.73 Å². The van der Waals surface area contributed by atoms with Crippen molar-refractivity contribution < 1.29 is 34.8 Å². The van der Waals surface area contributed by atoms with Crippen LogP contribution in [0, 0.1) is 17.8 Å². The number of aliphatic hydroxyl groups excluding tert-OH is 2. The third kappa shape index (κ3) is 4.03. The largest absolute Gasteiger partial charge is 0.508 e. The number of phenolic OH excluding ortho intramolecular Hbond substituents is 1. The number of likely N-dealkylation sites (N-methyl/N-ethyl adjacent to an activating group) is 1. The summed E-state index contributed by atoms with van der Waals surface area (Å²) in [6.07, 6.45) is 6.63. The summed E-state index contributed by atoms with van der Waals surface area (Å²) in [5, 5.41) is 45.8. The molecule has 1 aromatic carbocycles. The van der Waals surface area contributed by atoms with E-state index in [9.17, 15) is 34.8 Å². The van der Waals surface area contributed by atoms with Crippen LogP contribution in [0.1, 0.15) is 55.2 Å². The van der Waals surface area contributed by atoms with E-state index >= 15 is 0 Å². The molecular formula is C30H39N3O7. The number of nitrogens with zero attached hydrogens (tertiary/aromatic N) is 2. The Hall–Kier alpha value is -3.37. The number of phenols is 1. The first-order valence-electron chi connectivity index (χ1n) is 14.0. The van der Waals surface area contributed by atoms with Gasteiger partial charge in [0.15, 0.2) is 11.4 Å². The number of hydrogen-bond acceptors (Lipinski definition) is 9. The van der Waals surface area contributed by atoms with Gasteiger partial charge in [-0.1, -0.05) is 25.7 Å². The minimum Gasteiger partial charge on any atom is -0.508 e. The standard InChI is InChI=1S/C30H39N3O7/c1-32(2)19-13-15(10-9-14-7-5-6-8-14)24(34)21-17(19)11-16-12-18-23(33(3)4)26(36)22(29(31)39)28(38)30(18,40)27(37)20(16)25(21)35/h13-14,16,18,23,34-35,38,40H,5-12H2,1-4H3,(H2,31,39)/t16?,18?,23-,30-/m0/s1. The highest BCUT2D eigenvalue weighted by atomic mass is 16.3. The number of nitrogens with two attached hydrogens (primary N) is 1. The van der Waals surface area contributed by atoms with E-state index in [0.717, 1.165) is 24.9 Å². The van der Waals surface area contributed by atoms with Crippen LogP contribution in [0.3, 0.4) is 0 Å². The number of benzene rings is 1. The van der Waals surface area contributed by atoms with Crippen LogP contribution in [-0.2, 0) is 27.2 Å². The molecule has 40 heavy (non-hydrogen) atoms. The fourth-order valence-corrected chi connectivity index (χ4v) is 7.59. The molecule has 0 aliphatic heterocycles. The third-order valence-corrected chi connectivity index (χ3v) is 9.55. The Balaban J connectivity index is 1.67. The van der Waals surface area contributed by atoms with Gasteiger partial charge in [-0.05, 0) is 68.8 Å². The maximum atomic E-state index is 14.1. The predicted octanol–water partition coefficient (Wildman–Crippen LogP) is 2.15. The van der Waals surface area contributed by atoms with Gasteiger partial charge in [0.2, 0.25) is 5.78 Å². The van der Waals surface area contributed by atoms with E-state index in [1.807, 2.05) is 25.1 Å². The SMILES string of the molecule is CN(C)c1cc(CCC2CCCC2)c(O)c2c1CC1CC3[C@H](N(C)C)C(=O)C(C(N)=O)=C(O)[C@@]3(O)C(=O)C1=C2O. The highest BCUT2D eigenvalue weighted by Crippen LogP contribution is 2.54. The number of primary amides is 1. The van der Waals surface area contributed by atoms with Gasteiger partial charge in [-0.2, -0.15) is 0 Å². The van der Waals surface area contributed by atoms with Crippen molar-refractivity contribution in [2.24, 2.45) is 23.5 Å². The number of aliphatic hydroxyl groups is 3. The van der Waals surface area contributed by atoms with E-state index in [1.54, 1.807) is 14.1 Å². The molecule has 2 fully saturated rings. The number of anilines is 1. The number of Topliss-reactive ketones (excluding diaryl/α,β-unsaturated/α-hetero) is 2. The van der Waals surface area contributed by atoms with Crippen LogP contribution in [0.4, 0.5) is 5.69 Å². The molecule has 1 aromatic rings. The van der Waals surface area contributed by atoms with Crippen molar-refractivity contribution in [1.82, 2.24) is 4.90 Å². The molecule has 0 heterocycles. The van der Waals surface area contributed by atoms with Crippen LogP contribution in [0.2, 0.25) is 0 Å². The van der Waals surface area contributed by atoms with Crippen LogP contribution < -0.4 is 10.6 Å². The summed E-state index contributed by atoms with van der Waals surface area (Å²) in [5.74, 6) is -5.70. The van der Waals surface area contributed by atoms with Gasteiger partial charge < -0.3 is 31.1 Å². The van der Waals surface area contributed by atoms with E-state index < -0.39 is 58.0 Å². The van der Waals surface area contributed by atoms with Gasteiger partial charge in [0, 0.05) is 31.3 Å². The summed E-state index contributed by atoms with van der Waals surface area (Å²) in [6.45, 7) is 0. The average molecular weight is 554 g/mol. The number of carbonyl (C=O) groups is 3. The summed E-state index contributed by atoms with van der Waals surface area (Å²) < 4.78 is 0. The minimum atomic E-state index is -2.63. The zero-order valence-corrected chi connectivity index (χ0v) is 23.5. The molecule has 2 unspecified atom stereocenters. The van der Waals surface area contributed by atoms with Gasteiger partial charge in [-0.15, -0.1) is 0 Å². The number of carbonyl (C=O) groups excluding carboxylic acids is 3. The zero-order valence-electron chi connectivity index (χ0n) is 23.5. The van der Waals surface area contributed by atoms with Crippen molar-refractivity contribution in [3.63, 3.8) is 0 Å². The van der Waals surface area contributed by atoms with E-state index in [-0.39, 0.29) is 29.7 Å². The number of fused-ring (bicyclic) bond motifs is 3. The molecule has 216 valence electrons. The Labute approximate surface area is 233 Å². The molecular weight excluding hydrogens is 514 g/mol. The predicted molar refractivity (Wildman–Crippen MR) is 149 cm³/mol. The summed E-state index contributed by atoms with van der Waals surface area (Å²) in [5.41, 5.74) is 4.15. The second-order valence-electron chi connectivity index (χ2n) is 12.3. The van der Waals surface area contributed by atoms with Gasteiger partial charge in [0.1, 0.15) is 22.8 Å². The molecule has 0 saturated heterocycles. The first-order valence-corrected chi connectivity index (χ1v) is 14.0. The van der Waals surface area contributed by atoms with Gasteiger partial charge in [0.05, 0.1) is 11.6 Å². The molecule has 10 heteroatoms. The highest BCUT2D eigenvalue weighted by molar-refractivity contribution is 6.24. The smallest absolute Gasteiger partial charge is 0.255 e. The van der Waals surface area contributed by atoms with Crippen LogP contribution in [0.25, 0.3) is 5.76 Å². The monoisotopic (exact) mass is 553 g/mol. The first-order chi connectivity index (χ1) is 18.8. The second kappa shape index (κ2) is 9.92. The lowest BCUT2D eigenvalue weighted by molar-refractivity contribution is -0.153. The lowest BCUT2D eigenvalue weighted by Crippen LogP contribution is -2.65. The Morgan fingerprint density at radius 3 is 2.33 bits per heavy atom. The van der Waals surface area contributed by atoms with Crippen molar-refractivity contribution in [2.45, 2.75) is 63.0 Å². The molecule has 0 radical (unpaired) electrons. The van der Waals surface area contributed by atoms with Crippen molar-refractivity contribution in [3.8, 4) is 5.75 Å². The van der Waals surface area contributed by atoms with Crippen LogP contribution in [0.5, 0.6) is 5.75 Å². The maximum Gasteiger partial charge on any atom is 0.255 e. The lowest BCUT2D eigenvalue weighted by Gasteiger charge is -2.50. The zero-order chi connectivity index (χ0) is 29.3. The molecule has 4 aliphatic carbocycles. The molecule has 10 nitrogen and oxygen atoms in total. The number of hydrogen-bond donors (Lipinski definition) is 5. The normalized spacial score (nSPS) is 28.6. The van der Waals surface area contributed by atoms with Crippen molar-refractivity contribution >= 4 is 28.9 Å². The van der Waals surface area contributed by atoms with Crippen LogP contribution in [0.15, 0.2) is 23.0 Å². The average Bonchev–Trinajstić information content (AvgIpc) is 3.39. The van der Waals surface area contributed by atoms with Crippen molar-refractivity contribution in [2.75, 3.05) is 33.1 Å². The second-order valence-corrected chi connectivity index (χ2v) is 12.3. The van der Waals surface area contributed by atoms with E-state index in [0.29, 0.717) is 23.5 Å². The molecule has 0 bridgehead atoms. The quantitative estimate of drug-likeness (QED) is 0.332. The number of ketones is 2. The maximum absolute atomic E-state index is 14.1. The summed E-state index contributed by atoms with van der Waals surface area (Å²) >= 11 is 0. The van der Waals surface area contributed by atoms with Crippen LogP contribution >= 0.6 is 0 Å². The molecule has 4 atom stereocenters. The van der Waals surface area contributed by atoms with Crippen LogP contribution in [-0.4, -0.2) is 82.6 Å². The molecule has 2 saturated carbocycles. The van der Waals surface area contributed by atoms with Crippen molar-refractivity contribution in [3.05, 3.63) is 39.7 Å². The summed E-state index contributed by atoms with van der Waals surface area (Å²) in [6, 6.07) is 0.847. The van der Waals surface area contributed by atoms with E-state index in [2.05, 4.69) is 0 Å². The minimum absolute atomic E-state index is 0.0722. The fourth-order valence-electron chi connectivity index (χ4n) is 7.59. The Morgan fingerprint density at radius 2 is 1.75 bits per heavy atom. The molecule has 4 aliphatic rings. The third-order valence-electron chi connectivity index (χ3n) is 9.55. The highest BCUT2D eigenvalue weighted by Gasteiger charge is 2.64. The summed E-state index contributed by atoms with van der Waals surface area (Å²) in [7, 11) is 6.93. The molecule has 0 aromatic heterocycles. The Bertz CT molecular complexity index is 1360. The lowest BCUT2D eigenvalue weighted by atomic mass is 9.57. The number of aryl methyl sites for hydroxylation is 1. The number of rotatable bonds is 6. The molecule has 6 N–H and O–H groups in total. The number of amides is 1. The summed E-state index contributed by atoms with van der Waals surface area (Å²) in [4.78, 5) is 42.9. The van der Waals surface area contributed by atoms with Gasteiger partial charge in [-0.3, -0.25) is 19.3 Å². The van der Waals surface area contributed by atoms with E-state index in [1.165, 1.54) is 17.7 Å². The van der Waals surface area contributed by atoms with Gasteiger partial charge in [-0.25, -0.2) is 0 Å². The van der Waals surface area contributed by atoms with Gasteiger partial charge >= 0.3 is 0 Å².